The molecule has 0 unspecified atom stereocenters. The SMILES string of the molecule is CC1(C)c2ccccc2-c2ccc(N(c3ccc(-c4ccccc4)cc3)c3ccc4c(c3)C(c3ccc(C#N)cc3)(c3ccc(C#N)cc3)c3ccccc3-4)cc21. The van der Waals surface area contributed by atoms with Gasteiger partial charge in [0, 0.05) is 22.5 Å². The Morgan fingerprint density at radius 2 is 0.825 bits per heavy atom. The Morgan fingerprint density at radius 1 is 0.386 bits per heavy atom. The van der Waals surface area contributed by atoms with E-state index in [0.29, 0.717) is 11.1 Å². The van der Waals surface area contributed by atoms with Crippen LogP contribution in [0.25, 0.3) is 33.4 Å². The summed E-state index contributed by atoms with van der Waals surface area (Å²) in [4.78, 5) is 2.39. The Kier molecular flexibility index (Phi) is 7.82. The summed E-state index contributed by atoms with van der Waals surface area (Å²) in [7, 11) is 0. The lowest BCUT2D eigenvalue weighted by Gasteiger charge is -2.35. The summed E-state index contributed by atoms with van der Waals surface area (Å²) in [6.07, 6.45) is 0. The van der Waals surface area contributed by atoms with Crippen LogP contribution in [-0.2, 0) is 10.8 Å². The Morgan fingerprint density at radius 3 is 1.40 bits per heavy atom. The molecule has 0 aromatic heterocycles. The van der Waals surface area contributed by atoms with Gasteiger partial charge >= 0.3 is 0 Å². The molecule has 8 aromatic rings. The zero-order valence-corrected chi connectivity index (χ0v) is 31.7. The molecule has 0 amide bonds. The van der Waals surface area contributed by atoms with Crippen molar-refractivity contribution in [2.24, 2.45) is 0 Å². The largest absolute Gasteiger partial charge is 0.310 e. The van der Waals surface area contributed by atoms with Crippen LogP contribution >= 0.6 is 0 Å². The highest BCUT2D eigenvalue weighted by Gasteiger charge is 2.46. The lowest BCUT2D eigenvalue weighted by molar-refractivity contribution is 0.660. The fraction of sp³-hybridized carbons (Fsp3) is 0.0741. The summed E-state index contributed by atoms with van der Waals surface area (Å²) in [5.41, 5.74) is 17.9. The van der Waals surface area contributed by atoms with Gasteiger partial charge in [0.1, 0.15) is 0 Å². The number of nitrogens with zero attached hydrogens (tertiary/aromatic N) is 3. The van der Waals surface area contributed by atoms with E-state index in [1.54, 1.807) is 0 Å². The van der Waals surface area contributed by atoms with Gasteiger partial charge in [-0.3, -0.25) is 0 Å². The number of anilines is 3. The summed E-state index contributed by atoms with van der Waals surface area (Å²) < 4.78 is 0. The molecule has 268 valence electrons. The molecule has 10 rings (SSSR count). The molecule has 0 fully saturated rings. The number of fused-ring (bicyclic) bond motifs is 6. The Bertz CT molecular complexity index is 2870. The fourth-order valence-electron chi connectivity index (χ4n) is 9.50. The van der Waals surface area contributed by atoms with Crippen LogP contribution < -0.4 is 4.90 Å². The molecular weight excluding hydrogens is 691 g/mol. The van der Waals surface area contributed by atoms with Gasteiger partial charge in [0.05, 0.1) is 28.7 Å². The predicted molar refractivity (Wildman–Crippen MR) is 231 cm³/mol. The van der Waals surface area contributed by atoms with Crippen molar-refractivity contribution < 1.29 is 0 Å². The maximum atomic E-state index is 9.80. The molecule has 2 aliphatic carbocycles. The van der Waals surface area contributed by atoms with Crippen LogP contribution in [0.15, 0.2) is 188 Å². The molecule has 0 saturated carbocycles. The van der Waals surface area contributed by atoms with E-state index in [4.69, 9.17) is 0 Å². The molecule has 0 bridgehead atoms. The lowest BCUT2D eigenvalue weighted by atomic mass is 9.67. The molecule has 3 nitrogen and oxygen atoms in total. The minimum atomic E-state index is -0.714. The molecule has 0 aliphatic heterocycles. The highest BCUT2D eigenvalue weighted by Crippen LogP contribution is 2.58. The lowest BCUT2D eigenvalue weighted by Crippen LogP contribution is -2.29. The molecule has 57 heavy (non-hydrogen) atoms. The fourth-order valence-corrected chi connectivity index (χ4v) is 9.50. The first-order valence-corrected chi connectivity index (χ1v) is 19.4. The first kappa shape index (κ1) is 34.1. The molecule has 0 saturated heterocycles. The van der Waals surface area contributed by atoms with E-state index in [1.807, 2.05) is 24.3 Å². The summed E-state index contributed by atoms with van der Waals surface area (Å²) in [5.74, 6) is 0. The van der Waals surface area contributed by atoms with E-state index >= 15 is 0 Å². The van der Waals surface area contributed by atoms with Gasteiger partial charge in [-0.15, -0.1) is 0 Å². The maximum absolute atomic E-state index is 9.80. The zero-order chi connectivity index (χ0) is 38.7. The minimum Gasteiger partial charge on any atom is -0.310 e. The quantitative estimate of drug-likeness (QED) is 0.171. The molecule has 3 heteroatoms. The first-order valence-electron chi connectivity index (χ1n) is 19.4. The monoisotopic (exact) mass is 727 g/mol. The van der Waals surface area contributed by atoms with Crippen molar-refractivity contribution in [1.29, 1.82) is 10.5 Å². The van der Waals surface area contributed by atoms with E-state index in [0.717, 1.165) is 44.9 Å². The standard InChI is InChI=1S/C54H37N3/c1-53(2)49-14-8-6-12-45(49)47-30-28-43(32-51(47)53)57(42-26-20-39(21-27-42)38-10-4-3-5-11-38)44-29-31-48-46-13-7-9-15-50(46)54(52(48)33-44,40-22-16-36(34-55)17-23-40)41-24-18-37(35-56)19-25-41/h3-33H,1-2H3. The summed E-state index contributed by atoms with van der Waals surface area (Å²) in [6, 6.07) is 71.3. The zero-order valence-electron chi connectivity index (χ0n) is 31.7. The molecule has 0 spiro atoms. The topological polar surface area (TPSA) is 50.8 Å². The van der Waals surface area contributed by atoms with Gasteiger partial charge in [-0.25, -0.2) is 0 Å². The molecule has 0 heterocycles. The van der Waals surface area contributed by atoms with Crippen molar-refractivity contribution in [1.82, 2.24) is 0 Å². The van der Waals surface area contributed by atoms with Crippen molar-refractivity contribution in [3.8, 4) is 45.5 Å². The summed E-state index contributed by atoms with van der Waals surface area (Å²) in [5, 5.41) is 19.6. The van der Waals surface area contributed by atoms with Crippen LogP contribution in [0.4, 0.5) is 17.1 Å². The maximum Gasteiger partial charge on any atom is 0.0991 e. The second-order valence-electron chi connectivity index (χ2n) is 15.6. The highest BCUT2D eigenvalue weighted by atomic mass is 15.1. The Labute approximate surface area is 334 Å². The van der Waals surface area contributed by atoms with Crippen molar-refractivity contribution >= 4 is 17.1 Å². The average molecular weight is 728 g/mol. The molecule has 8 aromatic carbocycles. The van der Waals surface area contributed by atoms with Crippen LogP contribution in [0, 0.1) is 22.7 Å². The van der Waals surface area contributed by atoms with E-state index in [-0.39, 0.29) is 5.41 Å². The highest BCUT2D eigenvalue weighted by molar-refractivity contribution is 5.91. The first-order chi connectivity index (χ1) is 27.9. The van der Waals surface area contributed by atoms with E-state index < -0.39 is 5.41 Å². The van der Waals surface area contributed by atoms with Crippen molar-refractivity contribution in [3.05, 3.63) is 233 Å². The van der Waals surface area contributed by atoms with Gasteiger partial charge in [-0.05, 0) is 127 Å². The summed E-state index contributed by atoms with van der Waals surface area (Å²) >= 11 is 0. The van der Waals surface area contributed by atoms with Crippen LogP contribution in [0.3, 0.4) is 0 Å². The number of hydrogen-bond donors (Lipinski definition) is 0. The van der Waals surface area contributed by atoms with Gasteiger partial charge in [-0.2, -0.15) is 10.5 Å². The second kappa shape index (κ2) is 13.1. The van der Waals surface area contributed by atoms with Gasteiger partial charge < -0.3 is 4.90 Å². The third-order valence-electron chi connectivity index (χ3n) is 12.2. The van der Waals surface area contributed by atoms with E-state index in [1.165, 1.54) is 38.9 Å². The normalized spacial score (nSPS) is 13.7. The van der Waals surface area contributed by atoms with Gasteiger partial charge in [0.15, 0.2) is 0 Å². The second-order valence-corrected chi connectivity index (χ2v) is 15.6. The average Bonchev–Trinajstić information content (AvgIpc) is 3.69. The predicted octanol–water partition coefficient (Wildman–Crippen LogP) is 13.2. The van der Waals surface area contributed by atoms with Crippen LogP contribution in [0.1, 0.15) is 58.4 Å². The smallest absolute Gasteiger partial charge is 0.0991 e. The molecule has 0 atom stereocenters. The van der Waals surface area contributed by atoms with Crippen molar-refractivity contribution in [2.45, 2.75) is 24.7 Å². The van der Waals surface area contributed by atoms with E-state index in [2.05, 4.69) is 195 Å². The molecular formula is C54H37N3. The molecule has 2 aliphatic rings. The third-order valence-corrected chi connectivity index (χ3v) is 12.2. The van der Waals surface area contributed by atoms with Gasteiger partial charge in [0.25, 0.3) is 0 Å². The van der Waals surface area contributed by atoms with Crippen LogP contribution in [0.2, 0.25) is 0 Å². The van der Waals surface area contributed by atoms with E-state index in [9.17, 15) is 10.5 Å². The minimum absolute atomic E-state index is 0.162. The molecule has 0 N–H and O–H groups in total. The van der Waals surface area contributed by atoms with Crippen LogP contribution in [0.5, 0.6) is 0 Å². The number of nitriles is 2. The van der Waals surface area contributed by atoms with Crippen molar-refractivity contribution in [2.75, 3.05) is 4.90 Å². The Balaban J connectivity index is 1.22. The number of benzene rings is 8. The van der Waals surface area contributed by atoms with Crippen LogP contribution in [-0.4, -0.2) is 0 Å². The third kappa shape index (κ3) is 5.17. The number of hydrogen-bond acceptors (Lipinski definition) is 3. The van der Waals surface area contributed by atoms with Gasteiger partial charge in [-0.1, -0.05) is 141 Å². The molecule has 0 radical (unpaired) electrons. The van der Waals surface area contributed by atoms with Gasteiger partial charge in [0.2, 0.25) is 0 Å². The van der Waals surface area contributed by atoms with Crippen molar-refractivity contribution in [3.63, 3.8) is 0 Å². The summed E-state index contributed by atoms with van der Waals surface area (Å²) in [6.45, 7) is 4.66. The number of rotatable bonds is 6. The Hall–Kier alpha value is -7.46.